The molecule has 3 nitrogen and oxygen atoms in total. The van der Waals surface area contributed by atoms with Crippen molar-refractivity contribution in [2.75, 3.05) is 23.8 Å². The quantitative estimate of drug-likeness (QED) is 0.843. The van der Waals surface area contributed by atoms with Gasteiger partial charge in [0.15, 0.2) is 0 Å². The lowest BCUT2D eigenvalue weighted by Gasteiger charge is -2.45. The molecular weight excluding hydrogens is 260 g/mol. The van der Waals surface area contributed by atoms with Crippen LogP contribution in [0.2, 0.25) is 0 Å². The molecular formula is C18H28N2O. The van der Waals surface area contributed by atoms with Crippen molar-refractivity contribution in [1.82, 2.24) is 0 Å². The molecule has 0 bridgehead atoms. The van der Waals surface area contributed by atoms with Crippen LogP contribution >= 0.6 is 0 Å². The monoisotopic (exact) mass is 288 g/mol. The Bertz CT molecular complexity index is 472. The molecule has 1 saturated heterocycles. The number of nitrogen functional groups attached to an aromatic ring is 1. The second-order valence-electron chi connectivity index (χ2n) is 6.52. The zero-order chi connectivity index (χ0) is 14.7. The number of hydrogen-bond donors (Lipinski definition) is 1. The van der Waals surface area contributed by atoms with Gasteiger partial charge in [-0.3, -0.25) is 0 Å². The maximum atomic E-state index is 6.05. The van der Waals surface area contributed by atoms with Gasteiger partial charge in [-0.15, -0.1) is 0 Å². The van der Waals surface area contributed by atoms with Crippen LogP contribution in [0.5, 0.6) is 5.75 Å². The topological polar surface area (TPSA) is 38.5 Å². The fourth-order valence-corrected chi connectivity index (χ4v) is 3.98. The van der Waals surface area contributed by atoms with Crippen molar-refractivity contribution in [2.24, 2.45) is 5.92 Å². The minimum atomic E-state index is 0.732. The summed E-state index contributed by atoms with van der Waals surface area (Å²) in [6.45, 7) is 4.04. The number of nitrogens with zero attached hydrogens (tertiary/aromatic N) is 1. The Hall–Kier alpha value is -1.38. The van der Waals surface area contributed by atoms with Crippen LogP contribution in [0.15, 0.2) is 18.2 Å². The third kappa shape index (κ3) is 3.12. The molecule has 3 heteroatoms. The van der Waals surface area contributed by atoms with Gasteiger partial charge < -0.3 is 15.4 Å². The standard InChI is InChI=1S/C18H28N2O/c1-2-12-21-18-13-15(9-10-16(18)19)20-11-5-7-14-6-3-4-8-17(14)20/h9-10,13-14,17H,2-8,11-12,19H2,1H3/t14-,17-/m1/s1. The largest absolute Gasteiger partial charge is 0.491 e. The van der Waals surface area contributed by atoms with Gasteiger partial charge in [0.1, 0.15) is 5.75 Å². The molecule has 1 aromatic carbocycles. The molecule has 2 aliphatic rings. The predicted molar refractivity (Wildman–Crippen MR) is 89.0 cm³/mol. The Labute approximate surface area is 128 Å². The van der Waals surface area contributed by atoms with E-state index in [1.54, 1.807) is 0 Å². The summed E-state index contributed by atoms with van der Waals surface area (Å²) in [6, 6.07) is 7.06. The molecule has 1 heterocycles. The zero-order valence-electron chi connectivity index (χ0n) is 13.2. The van der Waals surface area contributed by atoms with Gasteiger partial charge in [-0.2, -0.15) is 0 Å². The lowest BCUT2D eigenvalue weighted by molar-refractivity contribution is 0.243. The predicted octanol–water partition coefficient (Wildman–Crippen LogP) is 4.22. The number of fused-ring (bicyclic) bond motifs is 1. The van der Waals surface area contributed by atoms with Crippen LogP contribution < -0.4 is 15.4 Å². The first-order chi connectivity index (χ1) is 10.3. The molecule has 0 amide bonds. The number of anilines is 2. The summed E-state index contributed by atoms with van der Waals surface area (Å²) in [5.74, 6) is 1.75. The van der Waals surface area contributed by atoms with E-state index in [1.165, 1.54) is 50.8 Å². The van der Waals surface area contributed by atoms with E-state index in [0.717, 1.165) is 36.4 Å². The molecule has 0 radical (unpaired) electrons. The van der Waals surface area contributed by atoms with Crippen LogP contribution in [0, 0.1) is 5.92 Å². The van der Waals surface area contributed by atoms with E-state index in [0.29, 0.717) is 0 Å². The minimum Gasteiger partial charge on any atom is -0.491 e. The lowest BCUT2D eigenvalue weighted by Crippen LogP contribution is -2.46. The fraction of sp³-hybridized carbons (Fsp3) is 0.667. The number of nitrogens with two attached hydrogens (primary N) is 1. The van der Waals surface area contributed by atoms with E-state index in [9.17, 15) is 0 Å². The Morgan fingerprint density at radius 3 is 2.86 bits per heavy atom. The fourth-order valence-electron chi connectivity index (χ4n) is 3.98. The summed E-state index contributed by atoms with van der Waals surface area (Å²) in [5.41, 5.74) is 8.10. The number of benzene rings is 1. The van der Waals surface area contributed by atoms with Crippen molar-refractivity contribution in [3.05, 3.63) is 18.2 Å². The molecule has 2 N–H and O–H groups in total. The molecule has 0 unspecified atom stereocenters. The summed E-state index contributed by atoms with van der Waals surface area (Å²) in [7, 11) is 0. The van der Waals surface area contributed by atoms with Gasteiger partial charge in [-0.05, 0) is 50.2 Å². The first-order valence-corrected chi connectivity index (χ1v) is 8.58. The van der Waals surface area contributed by atoms with Crippen LogP contribution in [0.1, 0.15) is 51.9 Å². The van der Waals surface area contributed by atoms with Gasteiger partial charge in [0.25, 0.3) is 0 Å². The van der Waals surface area contributed by atoms with E-state index in [2.05, 4.69) is 24.0 Å². The molecule has 3 rings (SSSR count). The van der Waals surface area contributed by atoms with Crippen LogP contribution in [0.25, 0.3) is 0 Å². The highest BCUT2D eigenvalue weighted by Crippen LogP contribution is 2.39. The van der Waals surface area contributed by atoms with Gasteiger partial charge >= 0.3 is 0 Å². The molecule has 0 spiro atoms. The first-order valence-electron chi connectivity index (χ1n) is 8.58. The lowest BCUT2D eigenvalue weighted by atomic mass is 9.78. The van der Waals surface area contributed by atoms with Crippen molar-refractivity contribution in [2.45, 2.75) is 57.9 Å². The average Bonchev–Trinajstić information content (AvgIpc) is 2.54. The summed E-state index contributed by atoms with van der Waals surface area (Å²) in [5, 5.41) is 0. The van der Waals surface area contributed by atoms with E-state index >= 15 is 0 Å². The molecule has 21 heavy (non-hydrogen) atoms. The summed E-state index contributed by atoms with van der Waals surface area (Å²) in [6.07, 6.45) is 9.30. The van der Waals surface area contributed by atoms with Crippen LogP contribution in [-0.2, 0) is 0 Å². The second kappa shape index (κ2) is 6.59. The van der Waals surface area contributed by atoms with Gasteiger partial charge in [0, 0.05) is 24.3 Å². The first kappa shape index (κ1) is 14.6. The van der Waals surface area contributed by atoms with E-state index in [-0.39, 0.29) is 0 Å². The molecule has 0 aromatic heterocycles. The maximum absolute atomic E-state index is 6.05. The normalized spacial score (nSPS) is 25.5. The molecule has 2 atom stereocenters. The van der Waals surface area contributed by atoms with Gasteiger partial charge in [-0.1, -0.05) is 19.8 Å². The van der Waals surface area contributed by atoms with Crippen molar-refractivity contribution in [3.8, 4) is 5.75 Å². The molecule has 2 fully saturated rings. The van der Waals surface area contributed by atoms with Crippen molar-refractivity contribution in [1.29, 1.82) is 0 Å². The Balaban J connectivity index is 1.81. The summed E-state index contributed by atoms with van der Waals surface area (Å²) in [4.78, 5) is 2.62. The van der Waals surface area contributed by atoms with Crippen molar-refractivity contribution < 1.29 is 4.74 Å². The second-order valence-corrected chi connectivity index (χ2v) is 6.52. The van der Waals surface area contributed by atoms with E-state index in [4.69, 9.17) is 10.5 Å². The zero-order valence-corrected chi connectivity index (χ0v) is 13.2. The van der Waals surface area contributed by atoms with Gasteiger partial charge in [0.2, 0.25) is 0 Å². The summed E-state index contributed by atoms with van der Waals surface area (Å²) < 4.78 is 5.80. The molecule has 1 aromatic rings. The molecule has 1 aliphatic heterocycles. The smallest absolute Gasteiger partial charge is 0.144 e. The molecule has 116 valence electrons. The van der Waals surface area contributed by atoms with E-state index in [1.807, 2.05) is 6.07 Å². The minimum absolute atomic E-state index is 0.732. The third-order valence-corrected chi connectivity index (χ3v) is 5.03. The maximum Gasteiger partial charge on any atom is 0.144 e. The number of piperidine rings is 1. The highest BCUT2D eigenvalue weighted by atomic mass is 16.5. The number of ether oxygens (including phenoxy) is 1. The molecule has 1 aliphatic carbocycles. The highest BCUT2D eigenvalue weighted by molar-refractivity contribution is 5.63. The van der Waals surface area contributed by atoms with Crippen LogP contribution in [0.3, 0.4) is 0 Å². The third-order valence-electron chi connectivity index (χ3n) is 5.03. The van der Waals surface area contributed by atoms with Crippen LogP contribution in [0.4, 0.5) is 11.4 Å². The Morgan fingerprint density at radius 2 is 2.00 bits per heavy atom. The number of rotatable bonds is 4. The van der Waals surface area contributed by atoms with Gasteiger partial charge in [-0.25, -0.2) is 0 Å². The van der Waals surface area contributed by atoms with Crippen molar-refractivity contribution >= 4 is 11.4 Å². The van der Waals surface area contributed by atoms with Crippen LogP contribution in [-0.4, -0.2) is 19.2 Å². The Kier molecular flexibility index (Phi) is 4.57. The number of hydrogen-bond acceptors (Lipinski definition) is 3. The SMILES string of the molecule is CCCOc1cc(N2CCC[C@H]3CCCC[C@H]32)ccc1N. The van der Waals surface area contributed by atoms with E-state index < -0.39 is 0 Å². The Morgan fingerprint density at radius 1 is 1.19 bits per heavy atom. The average molecular weight is 288 g/mol. The van der Waals surface area contributed by atoms with Gasteiger partial charge in [0.05, 0.1) is 12.3 Å². The molecule has 1 saturated carbocycles. The highest BCUT2D eigenvalue weighted by Gasteiger charge is 2.33. The summed E-state index contributed by atoms with van der Waals surface area (Å²) >= 11 is 0. The van der Waals surface area contributed by atoms with Crippen molar-refractivity contribution in [3.63, 3.8) is 0 Å².